The predicted octanol–water partition coefficient (Wildman–Crippen LogP) is 3.60. The molecule has 0 aromatic heterocycles. The molecule has 2 unspecified atom stereocenters. The minimum Gasteiger partial charge on any atom is -0.479 e. The van der Waals surface area contributed by atoms with Crippen molar-refractivity contribution in [2.45, 2.75) is 51.7 Å². The standard InChI is InChI=1S/C27H32N2O5/c1-19(26(31)28-15-12-22(13-16-28)18-21-8-4-3-5-9-21)34-25(30)14-17-29-23-10-6-7-11-24(23)33-20(2)27(29)32/h3-11,19-20,22H,12-18H2,1-2H3. The number of esters is 1. The summed E-state index contributed by atoms with van der Waals surface area (Å²) in [5.41, 5.74) is 1.96. The normalized spacial score (nSPS) is 19.2. The summed E-state index contributed by atoms with van der Waals surface area (Å²) in [6, 6.07) is 17.7. The van der Waals surface area contributed by atoms with E-state index in [4.69, 9.17) is 9.47 Å². The summed E-state index contributed by atoms with van der Waals surface area (Å²) in [5.74, 6) is 0.314. The molecule has 0 N–H and O–H groups in total. The third-order valence-corrected chi connectivity index (χ3v) is 6.56. The fourth-order valence-corrected chi connectivity index (χ4v) is 4.66. The molecule has 7 heteroatoms. The van der Waals surface area contributed by atoms with Gasteiger partial charge in [-0.05, 0) is 56.7 Å². The smallest absolute Gasteiger partial charge is 0.308 e. The number of carbonyl (C=O) groups excluding carboxylic acids is 3. The summed E-state index contributed by atoms with van der Waals surface area (Å²) in [5, 5.41) is 0. The molecule has 4 rings (SSSR count). The second kappa shape index (κ2) is 10.7. The van der Waals surface area contributed by atoms with Crippen LogP contribution in [0.25, 0.3) is 0 Å². The average Bonchev–Trinajstić information content (AvgIpc) is 2.85. The molecule has 0 radical (unpaired) electrons. The Morgan fingerprint density at radius 3 is 2.47 bits per heavy atom. The van der Waals surface area contributed by atoms with E-state index in [2.05, 4.69) is 24.3 Å². The maximum absolute atomic E-state index is 12.8. The van der Waals surface area contributed by atoms with Crippen molar-refractivity contribution in [2.24, 2.45) is 5.92 Å². The molecular weight excluding hydrogens is 432 g/mol. The summed E-state index contributed by atoms with van der Waals surface area (Å²) in [7, 11) is 0. The molecule has 34 heavy (non-hydrogen) atoms. The van der Waals surface area contributed by atoms with E-state index in [1.165, 1.54) is 5.56 Å². The monoisotopic (exact) mass is 464 g/mol. The molecule has 0 bridgehead atoms. The van der Waals surface area contributed by atoms with Crippen molar-refractivity contribution in [3.05, 3.63) is 60.2 Å². The van der Waals surface area contributed by atoms with Crippen molar-refractivity contribution in [3.8, 4) is 5.75 Å². The Morgan fingerprint density at radius 2 is 1.74 bits per heavy atom. The summed E-state index contributed by atoms with van der Waals surface area (Å²) < 4.78 is 11.1. The number of anilines is 1. The lowest BCUT2D eigenvalue weighted by atomic mass is 9.90. The zero-order valence-corrected chi connectivity index (χ0v) is 19.8. The SMILES string of the molecule is CC(OC(=O)CCN1C(=O)C(C)Oc2ccccc21)C(=O)N1CCC(Cc2ccccc2)CC1. The maximum atomic E-state index is 12.8. The fourth-order valence-electron chi connectivity index (χ4n) is 4.66. The Bertz CT molecular complexity index is 1020. The Labute approximate surface area is 200 Å². The number of fused-ring (bicyclic) bond motifs is 1. The van der Waals surface area contributed by atoms with Gasteiger partial charge in [-0.2, -0.15) is 0 Å². The Hall–Kier alpha value is -3.35. The number of nitrogens with zero attached hydrogens (tertiary/aromatic N) is 2. The zero-order chi connectivity index (χ0) is 24.1. The lowest BCUT2D eigenvalue weighted by molar-refractivity contribution is -0.159. The van der Waals surface area contributed by atoms with Gasteiger partial charge in [0.2, 0.25) is 0 Å². The molecule has 0 spiro atoms. The lowest BCUT2D eigenvalue weighted by Gasteiger charge is -2.34. The molecule has 2 heterocycles. The van der Waals surface area contributed by atoms with Crippen LogP contribution in [0, 0.1) is 5.92 Å². The highest BCUT2D eigenvalue weighted by molar-refractivity contribution is 6.00. The van der Waals surface area contributed by atoms with Crippen molar-refractivity contribution < 1.29 is 23.9 Å². The van der Waals surface area contributed by atoms with Gasteiger partial charge in [0, 0.05) is 19.6 Å². The quantitative estimate of drug-likeness (QED) is 0.585. The van der Waals surface area contributed by atoms with Gasteiger partial charge >= 0.3 is 5.97 Å². The molecular formula is C27H32N2O5. The first-order valence-electron chi connectivity index (χ1n) is 12.0. The number of benzene rings is 2. The van der Waals surface area contributed by atoms with Gasteiger partial charge in [0.05, 0.1) is 12.1 Å². The molecule has 2 atom stereocenters. The average molecular weight is 465 g/mol. The molecule has 2 aliphatic rings. The molecule has 7 nitrogen and oxygen atoms in total. The van der Waals surface area contributed by atoms with Gasteiger partial charge in [-0.15, -0.1) is 0 Å². The first kappa shape index (κ1) is 23.8. The van der Waals surface area contributed by atoms with Gasteiger partial charge in [0.15, 0.2) is 12.2 Å². The maximum Gasteiger partial charge on any atom is 0.308 e. The summed E-state index contributed by atoms with van der Waals surface area (Å²) in [6.45, 7) is 4.83. The van der Waals surface area contributed by atoms with Gasteiger partial charge < -0.3 is 19.3 Å². The molecule has 1 saturated heterocycles. The van der Waals surface area contributed by atoms with Gasteiger partial charge in [-0.3, -0.25) is 14.4 Å². The third-order valence-electron chi connectivity index (χ3n) is 6.56. The first-order chi connectivity index (χ1) is 16.4. The van der Waals surface area contributed by atoms with Crippen LogP contribution in [0.2, 0.25) is 0 Å². The number of carbonyl (C=O) groups is 3. The largest absolute Gasteiger partial charge is 0.479 e. The highest BCUT2D eigenvalue weighted by Gasteiger charge is 2.32. The highest BCUT2D eigenvalue weighted by Crippen LogP contribution is 2.33. The predicted molar refractivity (Wildman–Crippen MR) is 129 cm³/mol. The lowest BCUT2D eigenvalue weighted by Crippen LogP contribution is -2.46. The van der Waals surface area contributed by atoms with Crippen LogP contribution in [-0.4, -0.2) is 54.5 Å². The highest BCUT2D eigenvalue weighted by atomic mass is 16.5. The van der Waals surface area contributed by atoms with Gasteiger partial charge in [0.1, 0.15) is 5.75 Å². The van der Waals surface area contributed by atoms with Crippen LogP contribution >= 0.6 is 0 Å². The van der Waals surface area contributed by atoms with Gasteiger partial charge in [-0.1, -0.05) is 42.5 Å². The summed E-state index contributed by atoms with van der Waals surface area (Å²) in [4.78, 5) is 41.2. The minimum absolute atomic E-state index is 0.00354. The van der Waals surface area contributed by atoms with Crippen LogP contribution in [0.4, 0.5) is 5.69 Å². The number of hydrogen-bond donors (Lipinski definition) is 0. The van der Waals surface area contributed by atoms with Gasteiger partial charge in [0.25, 0.3) is 11.8 Å². The minimum atomic E-state index is -0.843. The molecule has 2 amide bonds. The number of para-hydroxylation sites is 2. The summed E-state index contributed by atoms with van der Waals surface area (Å²) >= 11 is 0. The molecule has 1 fully saturated rings. The number of likely N-dealkylation sites (tertiary alicyclic amines) is 1. The number of rotatable bonds is 7. The van der Waals surface area contributed by atoms with Crippen LogP contribution in [0.1, 0.15) is 38.7 Å². The van der Waals surface area contributed by atoms with E-state index in [1.807, 2.05) is 18.2 Å². The van der Waals surface area contributed by atoms with E-state index in [0.717, 1.165) is 19.3 Å². The van der Waals surface area contributed by atoms with E-state index in [-0.39, 0.29) is 24.8 Å². The van der Waals surface area contributed by atoms with Crippen molar-refractivity contribution >= 4 is 23.5 Å². The van der Waals surface area contributed by atoms with E-state index < -0.39 is 18.2 Å². The van der Waals surface area contributed by atoms with E-state index >= 15 is 0 Å². The van der Waals surface area contributed by atoms with Crippen LogP contribution < -0.4 is 9.64 Å². The zero-order valence-electron chi connectivity index (χ0n) is 19.8. The first-order valence-corrected chi connectivity index (χ1v) is 12.0. The molecule has 2 aromatic carbocycles. The van der Waals surface area contributed by atoms with Crippen molar-refractivity contribution in [1.82, 2.24) is 4.90 Å². The van der Waals surface area contributed by atoms with Crippen LogP contribution in [0.5, 0.6) is 5.75 Å². The summed E-state index contributed by atoms with van der Waals surface area (Å²) in [6.07, 6.45) is 1.45. The molecule has 0 aliphatic carbocycles. The number of ether oxygens (including phenoxy) is 2. The number of piperidine rings is 1. The third kappa shape index (κ3) is 5.58. The van der Waals surface area contributed by atoms with Crippen molar-refractivity contribution in [3.63, 3.8) is 0 Å². The number of hydrogen-bond acceptors (Lipinski definition) is 5. The molecule has 2 aliphatic heterocycles. The van der Waals surface area contributed by atoms with E-state index in [1.54, 1.807) is 35.8 Å². The second-order valence-corrected chi connectivity index (χ2v) is 9.06. The van der Waals surface area contributed by atoms with Crippen LogP contribution in [-0.2, 0) is 25.5 Å². The van der Waals surface area contributed by atoms with Crippen LogP contribution in [0.15, 0.2) is 54.6 Å². The molecule has 0 saturated carbocycles. The topological polar surface area (TPSA) is 76.1 Å². The Morgan fingerprint density at radius 1 is 1.06 bits per heavy atom. The van der Waals surface area contributed by atoms with Crippen molar-refractivity contribution in [2.75, 3.05) is 24.5 Å². The Kier molecular flexibility index (Phi) is 7.50. The fraction of sp³-hybridized carbons (Fsp3) is 0.444. The van der Waals surface area contributed by atoms with Crippen LogP contribution in [0.3, 0.4) is 0 Å². The van der Waals surface area contributed by atoms with Crippen molar-refractivity contribution in [1.29, 1.82) is 0 Å². The second-order valence-electron chi connectivity index (χ2n) is 9.06. The Balaban J connectivity index is 1.24. The van der Waals surface area contributed by atoms with Gasteiger partial charge in [-0.25, -0.2) is 0 Å². The van der Waals surface area contributed by atoms with E-state index in [9.17, 15) is 14.4 Å². The molecule has 2 aromatic rings. The number of amides is 2. The van der Waals surface area contributed by atoms with E-state index in [0.29, 0.717) is 30.4 Å². The molecule has 180 valence electrons.